The highest BCUT2D eigenvalue weighted by molar-refractivity contribution is 6.00. The molecular formula is C19H20FN3O6. The van der Waals surface area contributed by atoms with Gasteiger partial charge in [-0.25, -0.2) is 9.18 Å². The number of methoxy groups -OCH3 is 1. The number of nitro groups is 1. The minimum Gasteiger partial charge on any atom is -0.449 e. The first kappa shape index (κ1) is 21.8. The molecule has 0 aliphatic heterocycles. The summed E-state index contributed by atoms with van der Waals surface area (Å²) in [6, 6.07) is 9.20. The summed E-state index contributed by atoms with van der Waals surface area (Å²) in [6.45, 7) is 1.99. The zero-order valence-electron chi connectivity index (χ0n) is 15.8. The van der Waals surface area contributed by atoms with E-state index in [1.54, 1.807) is 0 Å². The molecule has 10 heteroatoms. The zero-order valence-corrected chi connectivity index (χ0v) is 15.8. The van der Waals surface area contributed by atoms with Gasteiger partial charge >= 0.3 is 5.97 Å². The number of esters is 1. The number of carbonyl (C=O) groups is 2. The molecule has 0 aliphatic rings. The summed E-state index contributed by atoms with van der Waals surface area (Å²) in [5.41, 5.74) is -0.185. The zero-order chi connectivity index (χ0) is 21.4. The molecule has 0 spiro atoms. The quantitative estimate of drug-likeness (QED) is 0.285. The second-order valence-corrected chi connectivity index (χ2v) is 5.92. The van der Waals surface area contributed by atoms with Crippen molar-refractivity contribution < 1.29 is 28.4 Å². The fraction of sp³-hybridized carbons (Fsp3) is 0.263. The van der Waals surface area contributed by atoms with Crippen LogP contribution in [0.5, 0.6) is 0 Å². The van der Waals surface area contributed by atoms with Crippen LogP contribution in [0.1, 0.15) is 17.3 Å². The van der Waals surface area contributed by atoms with Gasteiger partial charge in [-0.15, -0.1) is 0 Å². The van der Waals surface area contributed by atoms with Gasteiger partial charge in [-0.3, -0.25) is 14.9 Å². The molecule has 9 nitrogen and oxygen atoms in total. The molecule has 0 saturated heterocycles. The van der Waals surface area contributed by atoms with E-state index in [2.05, 4.69) is 10.6 Å². The highest BCUT2D eigenvalue weighted by Gasteiger charge is 2.23. The van der Waals surface area contributed by atoms with E-state index in [9.17, 15) is 24.1 Å². The number of anilines is 2. The molecule has 0 radical (unpaired) electrons. The molecule has 0 saturated carbocycles. The Kier molecular flexibility index (Phi) is 7.61. The van der Waals surface area contributed by atoms with Crippen molar-refractivity contribution >= 4 is 28.9 Å². The van der Waals surface area contributed by atoms with Gasteiger partial charge in [-0.05, 0) is 25.1 Å². The number of nitro benzene ring substituents is 1. The second-order valence-electron chi connectivity index (χ2n) is 5.92. The molecule has 2 rings (SSSR count). The van der Waals surface area contributed by atoms with E-state index < -0.39 is 28.7 Å². The standard InChI is InChI=1S/C19H20FN3O6/c1-12(18(24)22-17-6-4-3-5-15(17)20)29-19(25)14-11-13(23(26)27)7-8-16(14)21-9-10-28-2/h3-8,11-12,21H,9-10H2,1-2H3,(H,22,24)/t12-/m1/s1. The summed E-state index contributed by atoms with van der Waals surface area (Å²) in [5.74, 6) is -2.32. The van der Waals surface area contributed by atoms with Gasteiger partial charge in [0.15, 0.2) is 6.10 Å². The summed E-state index contributed by atoms with van der Waals surface area (Å²) >= 11 is 0. The minimum atomic E-state index is -1.27. The van der Waals surface area contributed by atoms with Gasteiger partial charge in [0.25, 0.3) is 11.6 Å². The Bertz CT molecular complexity index is 905. The molecule has 0 aromatic heterocycles. The van der Waals surface area contributed by atoms with Crippen LogP contribution in [0, 0.1) is 15.9 Å². The Balaban J connectivity index is 2.14. The second kappa shape index (κ2) is 10.1. The van der Waals surface area contributed by atoms with Crippen LogP contribution < -0.4 is 10.6 Å². The van der Waals surface area contributed by atoms with Gasteiger partial charge in [0.05, 0.1) is 22.8 Å². The predicted molar refractivity (Wildman–Crippen MR) is 103 cm³/mol. The van der Waals surface area contributed by atoms with E-state index in [-0.39, 0.29) is 16.9 Å². The molecule has 1 amide bonds. The number of amides is 1. The number of nitrogens with one attached hydrogen (secondary N) is 2. The van der Waals surface area contributed by atoms with E-state index in [4.69, 9.17) is 9.47 Å². The molecule has 29 heavy (non-hydrogen) atoms. The minimum absolute atomic E-state index is 0.0577. The molecular weight excluding hydrogens is 385 g/mol. The van der Waals surface area contributed by atoms with Crippen LogP contribution in [0.15, 0.2) is 42.5 Å². The fourth-order valence-electron chi connectivity index (χ4n) is 2.33. The van der Waals surface area contributed by atoms with Crippen LogP contribution in [-0.2, 0) is 14.3 Å². The van der Waals surface area contributed by atoms with E-state index in [0.717, 1.165) is 6.07 Å². The average Bonchev–Trinajstić information content (AvgIpc) is 2.69. The lowest BCUT2D eigenvalue weighted by Gasteiger charge is -2.16. The number of ether oxygens (including phenoxy) is 2. The van der Waals surface area contributed by atoms with Gasteiger partial charge in [0.1, 0.15) is 5.82 Å². The van der Waals surface area contributed by atoms with Crippen molar-refractivity contribution in [2.75, 3.05) is 30.9 Å². The molecule has 2 aromatic carbocycles. The van der Waals surface area contributed by atoms with Crippen LogP contribution >= 0.6 is 0 Å². The molecule has 2 aromatic rings. The van der Waals surface area contributed by atoms with Crippen molar-refractivity contribution in [3.05, 3.63) is 64.0 Å². The maximum Gasteiger partial charge on any atom is 0.341 e. The Hall–Kier alpha value is -3.53. The molecule has 0 bridgehead atoms. The first-order valence-corrected chi connectivity index (χ1v) is 8.61. The first-order chi connectivity index (χ1) is 13.8. The molecule has 0 heterocycles. The average molecular weight is 405 g/mol. The van der Waals surface area contributed by atoms with E-state index in [1.165, 1.54) is 50.4 Å². The van der Waals surface area contributed by atoms with Crippen LogP contribution in [0.2, 0.25) is 0 Å². The van der Waals surface area contributed by atoms with Gasteiger partial charge in [-0.1, -0.05) is 12.1 Å². The molecule has 0 unspecified atom stereocenters. The number of hydrogen-bond donors (Lipinski definition) is 2. The van der Waals surface area contributed by atoms with Crippen LogP contribution in [0.25, 0.3) is 0 Å². The summed E-state index contributed by atoms with van der Waals surface area (Å²) in [5, 5.41) is 16.3. The summed E-state index contributed by atoms with van der Waals surface area (Å²) in [7, 11) is 1.50. The van der Waals surface area contributed by atoms with Crippen molar-refractivity contribution in [2.45, 2.75) is 13.0 Å². The van der Waals surface area contributed by atoms with Gasteiger partial charge in [0.2, 0.25) is 0 Å². The first-order valence-electron chi connectivity index (χ1n) is 8.61. The van der Waals surface area contributed by atoms with Crippen LogP contribution in [-0.4, -0.2) is 43.2 Å². The number of rotatable bonds is 9. The van der Waals surface area contributed by atoms with E-state index >= 15 is 0 Å². The summed E-state index contributed by atoms with van der Waals surface area (Å²) < 4.78 is 23.7. The lowest BCUT2D eigenvalue weighted by Crippen LogP contribution is -2.30. The topological polar surface area (TPSA) is 120 Å². The molecule has 0 fully saturated rings. The van der Waals surface area contributed by atoms with Crippen LogP contribution in [0.4, 0.5) is 21.5 Å². The van der Waals surface area contributed by atoms with Crippen molar-refractivity contribution in [1.29, 1.82) is 0 Å². The van der Waals surface area contributed by atoms with Crippen LogP contribution in [0.3, 0.4) is 0 Å². The van der Waals surface area contributed by atoms with Crippen molar-refractivity contribution in [1.82, 2.24) is 0 Å². The Morgan fingerprint density at radius 3 is 2.59 bits per heavy atom. The lowest BCUT2D eigenvalue weighted by molar-refractivity contribution is -0.384. The van der Waals surface area contributed by atoms with Gasteiger partial charge in [0, 0.05) is 31.5 Å². The number of hydrogen-bond acceptors (Lipinski definition) is 7. The number of non-ortho nitro benzene ring substituents is 1. The highest BCUT2D eigenvalue weighted by atomic mass is 19.1. The fourth-order valence-corrected chi connectivity index (χ4v) is 2.33. The third-order valence-electron chi connectivity index (χ3n) is 3.84. The Morgan fingerprint density at radius 1 is 1.21 bits per heavy atom. The summed E-state index contributed by atoms with van der Waals surface area (Å²) in [4.78, 5) is 35.1. The predicted octanol–water partition coefficient (Wildman–Crippen LogP) is 2.98. The lowest BCUT2D eigenvalue weighted by atomic mass is 10.1. The SMILES string of the molecule is COCCNc1ccc([N+](=O)[O-])cc1C(=O)O[C@H](C)C(=O)Nc1ccccc1F. The smallest absolute Gasteiger partial charge is 0.341 e. The van der Waals surface area contributed by atoms with E-state index in [0.29, 0.717) is 18.8 Å². The Labute approximate surface area is 166 Å². The number of nitrogens with zero attached hydrogens (tertiary/aromatic N) is 1. The highest BCUT2D eigenvalue weighted by Crippen LogP contribution is 2.23. The van der Waals surface area contributed by atoms with Crippen molar-refractivity contribution in [3.8, 4) is 0 Å². The number of benzene rings is 2. The third-order valence-corrected chi connectivity index (χ3v) is 3.84. The normalized spacial score (nSPS) is 11.4. The molecule has 0 aliphatic carbocycles. The van der Waals surface area contributed by atoms with E-state index in [1.807, 2.05) is 0 Å². The Morgan fingerprint density at radius 2 is 1.93 bits per heavy atom. The number of para-hydroxylation sites is 1. The monoisotopic (exact) mass is 405 g/mol. The van der Waals surface area contributed by atoms with Crippen molar-refractivity contribution in [2.24, 2.45) is 0 Å². The molecule has 2 N–H and O–H groups in total. The van der Waals surface area contributed by atoms with Crippen molar-refractivity contribution in [3.63, 3.8) is 0 Å². The van der Waals surface area contributed by atoms with Gasteiger partial charge < -0.3 is 20.1 Å². The molecule has 154 valence electrons. The molecule has 1 atom stereocenters. The van der Waals surface area contributed by atoms with Gasteiger partial charge in [-0.2, -0.15) is 0 Å². The third kappa shape index (κ3) is 5.98. The maximum atomic E-state index is 13.7. The number of halogens is 1. The summed E-state index contributed by atoms with van der Waals surface area (Å²) in [6.07, 6.45) is -1.27. The largest absolute Gasteiger partial charge is 0.449 e. The number of carbonyl (C=O) groups excluding carboxylic acids is 2. The maximum absolute atomic E-state index is 13.7.